The van der Waals surface area contributed by atoms with Crippen LogP contribution in [0.3, 0.4) is 0 Å². The van der Waals surface area contributed by atoms with E-state index in [0.717, 1.165) is 24.3 Å². The van der Waals surface area contributed by atoms with Crippen LogP contribution in [0.1, 0.15) is 30.1 Å². The summed E-state index contributed by atoms with van der Waals surface area (Å²) in [6.07, 6.45) is 3.85. The minimum absolute atomic E-state index is 0.0522. The fourth-order valence-corrected chi connectivity index (χ4v) is 3.60. The van der Waals surface area contributed by atoms with Crippen molar-refractivity contribution in [3.8, 4) is 5.75 Å². The lowest BCUT2D eigenvalue weighted by Gasteiger charge is -2.34. The number of nitrogens with one attached hydrogen (secondary N) is 2. The van der Waals surface area contributed by atoms with Crippen LogP contribution in [0.15, 0.2) is 42.6 Å². The van der Waals surface area contributed by atoms with Crippen LogP contribution in [-0.4, -0.2) is 72.0 Å². The van der Waals surface area contributed by atoms with Crippen molar-refractivity contribution in [2.75, 3.05) is 44.6 Å². The first-order chi connectivity index (χ1) is 15.1. The number of aromatic nitrogens is 1. The van der Waals surface area contributed by atoms with E-state index >= 15 is 0 Å². The van der Waals surface area contributed by atoms with E-state index in [-0.39, 0.29) is 11.8 Å². The van der Waals surface area contributed by atoms with Crippen LogP contribution in [0.5, 0.6) is 5.75 Å². The van der Waals surface area contributed by atoms with E-state index in [1.807, 2.05) is 36.1 Å². The van der Waals surface area contributed by atoms with Crippen LogP contribution < -0.4 is 15.4 Å². The molecule has 0 unspecified atom stereocenters. The molecule has 2 aliphatic rings. The Kier molecular flexibility index (Phi) is 6.66. The van der Waals surface area contributed by atoms with Crippen LogP contribution in [0.4, 0.5) is 11.5 Å². The van der Waals surface area contributed by atoms with Gasteiger partial charge in [-0.25, -0.2) is 4.98 Å². The summed E-state index contributed by atoms with van der Waals surface area (Å²) < 4.78 is 5.47. The van der Waals surface area contributed by atoms with Gasteiger partial charge in [0.05, 0.1) is 18.7 Å². The van der Waals surface area contributed by atoms with E-state index in [4.69, 9.17) is 4.74 Å². The maximum atomic E-state index is 13.2. The number of ether oxygens (including phenoxy) is 1. The Morgan fingerprint density at radius 1 is 1.10 bits per heavy atom. The quantitative estimate of drug-likeness (QED) is 0.677. The number of rotatable bonds is 8. The molecule has 2 heterocycles. The predicted octanol–water partition coefficient (Wildman–Crippen LogP) is 2.26. The van der Waals surface area contributed by atoms with Gasteiger partial charge in [0, 0.05) is 44.1 Å². The number of piperazine rings is 1. The zero-order chi connectivity index (χ0) is 21.6. The molecule has 164 valence electrons. The van der Waals surface area contributed by atoms with Crippen molar-refractivity contribution in [3.63, 3.8) is 0 Å². The van der Waals surface area contributed by atoms with Crippen LogP contribution in [-0.2, 0) is 4.79 Å². The molecule has 0 radical (unpaired) electrons. The molecule has 1 aromatic heterocycles. The lowest BCUT2D eigenvalue weighted by molar-refractivity contribution is -0.122. The molecule has 2 amide bonds. The molecule has 1 saturated carbocycles. The molecule has 0 spiro atoms. The van der Waals surface area contributed by atoms with E-state index in [1.165, 1.54) is 0 Å². The van der Waals surface area contributed by atoms with E-state index < -0.39 is 0 Å². The standard InChI is InChI=1S/C23H29N5O3/c1-2-31-19-9-7-18(8-10-19)26-22-20(4-3-11-24-22)23(30)28-14-12-27(13-15-28)16-21(29)25-17-5-6-17/h3-4,7-11,17H,2,5-6,12-16H2,1H3,(H,24,26)(H,25,29). The van der Waals surface area contributed by atoms with Crippen molar-refractivity contribution in [1.82, 2.24) is 20.1 Å². The van der Waals surface area contributed by atoms with Crippen molar-refractivity contribution in [2.45, 2.75) is 25.8 Å². The average Bonchev–Trinajstić information content (AvgIpc) is 3.60. The molecule has 1 aliphatic heterocycles. The Hall–Kier alpha value is -3.13. The number of nitrogens with zero attached hydrogens (tertiary/aromatic N) is 3. The Labute approximate surface area is 182 Å². The normalized spacial score (nSPS) is 16.6. The fraction of sp³-hybridized carbons (Fsp3) is 0.435. The minimum atomic E-state index is -0.0522. The van der Waals surface area contributed by atoms with Gasteiger partial charge < -0.3 is 20.3 Å². The highest BCUT2D eigenvalue weighted by Gasteiger charge is 2.27. The van der Waals surface area contributed by atoms with E-state index in [1.54, 1.807) is 18.3 Å². The van der Waals surface area contributed by atoms with Gasteiger partial charge in [-0.05, 0) is 56.2 Å². The van der Waals surface area contributed by atoms with Crippen molar-refractivity contribution >= 4 is 23.3 Å². The lowest BCUT2D eigenvalue weighted by Crippen LogP contribution is -2.51. The maximum absolute atomic E-state index is 13.2. The van der Waals surface area contributed by atoms with Gasteiger partial charge in [0.25, 0.3) is 5.91 Å². The summed E-state index contributed by atoms with van der Waals surface area (Å²) in [5.41, 5.74) is 1.37. The molecule has 1 aromatic carbocycles. The lowest BCUT2D eigenvalue weighted by atomic mass is 10.2. The molecular formula is C23H29N5O3. The Balaban J connectivity index is 1.35. The number of hydrogen-bond acceptors (Lipinski definition) is 6. The van der Waals surface area contributed by atoms with Crippen LogP contribution in [0.25, 0.3) is 0 Å². The smallest absolute Gasteiger partial charge is 0.257 e. The number of benzene rings is 1. The first kappa shape index (κ1) is 21.1. The maximum Gasteiger partial charge on any atom is 0.257 e. The monoisotopic (exact) mass is 423 g/mol. The molecule has 0 bridgehead atoms. The van der Waals surface area contributed by atoms with Crippen LogP contribution >= 0.6 is 0 Å². The summed E-state index contributed by atoms with van der Waals surface area (Å²) in [5.74, 6) is 1.36. The molecule has 4 rings (SSSR count). The third kappa shape index (κ3) is 5.73. The molecule has 31 heavy (non-hydrogen) atoms. The molecule has 1 aliphatic carbocycles. The Morgan fingerprint density at radius 2 is 1.84 bits per heavy atom. The molecule has 2 aromatic rings. The molecule has 0 atom stereocenters. The second kappa shape index (κ2) is 9.78. The second-order valence-corrected chi connectivity index (χ2v) is 7.89. The van der Waals surface area contributed by atoms with Crippen molar-refractivity contribution in [1.29, 1.82) is 0 Å². The molecule has 8 heteroatoms. The molecule has 8 nitrogen and oxygen atoms in total. The molecule has 2 fully saturated rings. The van der Waals surface area contributed by atoms with Gasteiger partial charge in [0.1, 0.15) is 11.6 Å². The minimum Gasteiger partial charge on any atom is -0.494 e. The van der Waals surface area contributed by atoms with E-state index in [9.17, 15) is 9.59 Å². The van der Waals surface area contributed by atoms with Gasteiger partial charge in [-0.2, -0.15) is 0 Å². The summed E-state index contributed by atoms with van der Waals surface area (Å²) in [6, 6.07) is 11.5. The fourth-order valence-electron chi connectivity index (χ4n) is 3.60. The van der Waals surface area contributed by atoms with Gasteiger partial charge in [-0.15, -0.1) is 0 Å². The first-order valence-corrected chi connectivity index (χ1v) is 10.9. The highest BCUT2D eigenvalue weighted by Crippen LogP contribution is 2.23. The summed E-state index contributed by atoms with van der Waals surface area (Å²) >= 11 is 0. The van der Waals surface area contributed by atoms with Gasteiger partial charge in [-0.1, -0.05) is 0 Å². The van der Waals surface area contributed by atoms with Crippen molar-refractivity contribution in [2.24, 2.45) is 0 Å². The van der Waals surface area contributed by atoms with Gasteiger partial charge >= 0.3 is 0 Å². The SMILES string of the molecule is CCOc1ccc(Nc2ncccc2C(=O)N2CCN(CC(=O)NC3CC3)CC2)cc1. The highest BCUT2D eigenvalue weighted by atomic mass is 16.5. The predicted molar refractivity (Wildman–Crippen MR) is 119 cm³/mol. The number of carbonyl (C=O) groups is 2. The van der Waals surface area contributed by atoms with E-state index in [0.29, 0.717) is 56.8 Å². The second-order valence-electron chi connectivity index (χ2n) is 7.89. The van der Waals surface area contributed by atoms with E-state index in [2.05, 4.69) is 20.5 Å². The number of hydrogen-bond donors (Lipinski definition) is 2. The zero-order valence-electron chi connectivity index (χ0n) is 17.8. The van der Waals surface area contributed by atoms with Crippen LogP contribution in [0, 0.1) is 0 Å². The first-order valence-electron chi connectivity index (χ1n) is 10.9. The van der Waals surface area contributed by atoms with Crippen molar-refractivity contribution < 1.29 is 14.3 Å². The summed E-state index contributed by atoms with van der Waals surface area (Å²) in [4.78, 5) is 33.5. The van der Waals surface area contributed by atoms with Gasteiger partial charge in [0.15, 0.2) is 0 Å². The third-order valence-electron chi connectivity index (χ3n) is 5.44. The number of amides is 2. The highest BCUT2D eigenvalue weighted by molar-refractivity contribution is 5.99. The Bertz CT molecular complexity index is 906. The number of anilines is 2. The Morgan fingerprint density at radius 3 is 2.52 bits per heavy atom. The zero-order valence-corrected chi connectivity index (χ0v) is 17.8. The molecule has 2 N–H and O–H groups in total. The third-order valence-corrected chi connectivity index (χ3v) is 5.44. The average molecular weight is 424 g/mol. The summed E-state index contributed by atoms with van der Waals surface area (Å²) in [7, 11) is 0. The molecule has 1 saturated heterocycles. The summed E-state index contributed by atoms with van der Waals surface area (Å²) in [6.45, 7) is 5.51. The topological polar surface area (TPSA) is 86.8 Å². The number of pyridine rings is 1. The summed E-state index contributed by atoms with van der Waals surface area (Å²) in [5, 5.41) is 6.26. The molecular weight excluding hydrogens is 394 g/mol. The van der Waals surface area contributed by atoms with Crippen molar-refractivity contribution in [3.05, 3.63) is 48.2 Å². The van der Waals surface area contributed by atoms with Crippen LogP contribution in [0.2, 0.25) is 0 Å². The number of carbonyl (C=O) groups excluding carboxylic acids is 2. The van der Waals surface area contributed by atoms with Gasteiger partial charge in [-0.3, -0.25) is 14.5 Å². The van der Waals surface area contributed by atoms with Gasteiger partial charge in [0.2, 0.25) is 5.91 Å². The largest absolute Gasteiger partial charge is 0.494 e.